The maximum atomic E-state index is 11.8. The zero-order valence-electron chi connectivity index (χ0n) is 9.92. The molecular weight excluding hydrogens is 204 g/mol. The molecule has 5 nitrogen and oxygen atoms in total. The van der Waals surface area contributed by atoms with Crippen molar-refractivity contribution >= 4 is 11.7 Å². The van der Waals surface area contributed by atoms with Crippen LogP contribution in [0.5, 0.6) is 0 Å². The van der Waals surface area contributed by atoms with Crippen molar-refractivity contribution in [3.63, 3.8) is 0 Å². The number of nitrogens with zero attached hydrogens (tertiary/aromatic N) is 1. The molecular formula is C11H20N4O. The van der Waals surface area contributed by atoms with Crippen LogP contribution < -0.4 is 11.1 Å². The number of amides is 1. The predicted octanol–water partition coefficient (Wildman–Crippen LogP) is 1.29. The molecule has 5 heteroatoms. The van der Waals surface area contributed by atoms with Crippen molar-refractivity contribution in [3.8, 4) is 0 Å². The summed E-state index contributed by atoms with van der Waals surface area (Å²) in [7, 11) is 0. The van der Waals surface area contributed by atoms with Crippen molar-refractivity contribution < 1.29 is 4.79 Å². The lowest BCUT2D eigenvalue weighted by molar-refractivity contribution is -0.119. The molecule has 0 saturated heterocycles. The number of nitrogens with two attached hydrogens (primary N) is 1. The van der Waals surface area contributed by atoms with E-state index in [1.54, 1.807) is 0 Å². The minimum atomic E-state index is -0.119. The number of aromatic amines is 1. The van der Waals surface area contributed by atoms with Gasteiger partial charge in [0.05, 0.1) is 5.92 Å². The summed E-state index contributed by atoms with van der Waals surface area (Å²) in [6, 6.07) is 1.84. The predicted molar refractivity (Wildman–Crippen MR) is 64.0 cm³/mol. The Bertz CT molecular complexity index is 334. The Morgan fingerprint density at radius 1 is 1.62 bits per heavy atom. The van der Waals surface area contributed by atoms with Crippen LogP contribution >= 0.6 is 0 Å². The Balaban J connectivity index is 2.55. The van der Waals surface area contributed by atoms with E-state index >= 15 is 0 Å². The fraction of sp³-hybridized carbons (Fsp3) is 0.636. The monoisotopic (exact) mass is 224 g/mol. The summed E-state index contributed by atoms with van der Waals surface area (Å²) in [5.74, 6) is 0.418. The molecule has 0 saturated carbocycles. The molecule has 1 atom stereocenters. The van der Waals surface area contributed by atoms with E-state index in [0.29, 0.717) is 12.4 Å². The SMILES string of the molecule is CCCC(CN)C(=O)Nc1cc(CC)[nH]n1. The van der Waals surface area contributed by atoms with E-state index in [1.165, 1.54) is 0 Å². The molecule has 0 spiro atoms. The van der Waals surface area contributed by atoms with Gasteiger partial charge in [-0.15, -0.1) is 0 Å². The summed E-state index contributed by atoms with van der Waals surface area (Å²) in [4.78, 5) is 11.8. The van der Waals surface area contributed by atoms with Crippen LogP contribution in [-0.2, 0) is 11.2 Å². The first-order valence-corrected chi connectivity index (χ1v) is 5.76. The van der Waals surface area contributed by atoms with Gasteiger partial charge in [0.1, 0.15) is 0 Å². The molecule has 1 aromatic rings. The molecule has 0 fully saturated rings. The molecule has 16 heavy (non-hydrogen) atoms. The second kappa shape index (κ2) is 6.27. The topological polar surface area (TPSA) is 83.8 Å². The molecule has 1 amide bonds. The van der Waals surface area contributed by atoms with Gasteiger partial charge in [-0.25, -0.2) is 0 Å². The third-order valence-corrected chi connectivity index (χ3v) is 2.56. The number of nitrogens with one attached hydrogen (secondary N) is 2. The van der Waals surface area contributed by atoms with Gasteiger partial charge >= 0.3 is 0 Å². The number of aromatic nitrogens is 2. The van der Waals surface area contributed by atoms with Gasteiger partial charge in [-0.05, 0) is 12.8 Å². The fourth-order valence-electron chi connectivity index (χ4n) is 1.54. The quantitative estimate of drug-likeness (QED) is 0.680. The van der Waals surface area contributed by atoms with Crippen molar-refractivity contribution in [2.45, 2.75) is 33.1 Å². The Hall–Kier alpha value is -1.36. The van der Waals surface area contributed by atoms with E-state index in [1.807, 2.05) is 19.9 Å². The molecule has 0 aromatic carbocycles. The molecule has 4 N–H and O–H groups in total. The van der Waals surface area contributed by atoms with E-state index in [0.717, 1.165) is 25.0 Å². The first kappa shape index (κ1) is 12.7. The summed E-state index contributed by atoms with van der Waals surface area (Å²) in [6.45, 7) is 4.45. The number of carbonyl (C=O) groups excluding carboxylic acids is 1. The number of rotatable bonds is 6. The van der Waals surface area contributed by atoms with Gasteiger partial charge in [-0.2, -0.15) is 5.10 Å². The van der Waals surface area contributed by atoms with Crippen LogP contribution in [0.15, 0.2) is 6.07 Å². The van der Waals surface area contributed by atoms with Crippen LogP contribution in [0.4, 0.5) is 5.82 Å². The van der Waals surface area contributed by atoms with Crippen LogP contribution in [-0.4, -0.2) is 22.6 Å². The van der Waals surface area contributed by atoms with Crippen LogP contribution in [0.2, 0.25) is 0 Å². The smallest absolute Gasteiger partial charge is 0.229 e. The highest BCUT2D eigenvalue weighted by atomic mass is 16.2. The highest BCUT2D eigenvalue weighted by Crippen LogP contribution is 2.10. The first-order valence-electron chi connectivity index (χ1n) is 5.76. The molecule has 0 aliphatic heterocycles. The summed E-state index contributed by atoms with van der Waals surface area (Å²) < 4.78 is 0. The van der Waals surface area contributed by atoms with Crippen LogP contribution in [0.3, 0.4) is 0 Å². The number of hydrogen-bond donors (Lipinski definition) is 3. The Morgan fingerprint density at radius 3 is 2.88 bits per heavy atom. The van der Waals surface area contributed by atoms with E-state index in [9.17, 15) is 4.79 Å². The van der Waals surface area contributed by atoms with Gasteiger partial charge in [0.25, 0.3) is 0 Å². The highest BCUT2D eigenvalue weighted by Gasteiger charge is 2.16. The average Bonchev–Trinajstić information content (AvgIpc) is 2.73. The highest BCUT2D eigenvalue weighted by molar-refractivity contribution is 5.91. The largest absolute Gasteiger partial charge is 0.330 e. The Morgan fingerprint density at radius 2 is 2.38 bits per heavy atom. The average molecular weight is 224 g/mol. The third-order valence-electron chi connectivity index (χ3n) is 2.56. The van der Waals surface area contributed by atoms with Crippen LogP contribution in [0, 0.1) is 5.92 Å². The molecule has 1 heterocycles. The standard InChI is InChI=1S/C11H20N4O/c1-3-5-8(7-12)11(16)13-10-6-9(4-2)14-15-10/h6,8H,3-5,7,12H2,1-2H3,(H2,13,14,15,16). The lowest BCUT2D eigenvalue weighted by Gasteiger charge is -2.11. The third kappa shape index (κ3) is 3.34. The van der Waals surface area contributed by atoms with Gasteiger partial charge in [-0.3, -0.25) is 9.89 Å². The molecule has 0 aliphatic rings. The summed E-state index contributed by atoms with van der Waals surface area (Å²) >= 11 is 0. The molecule has 1 unspecified atom stereocenters. The van der Waals surface area contributed by atoms with E-state index < -0.39 is 0 Å². The molecule has 1 aromatic heterocycles. The second-order valence-electron chi connectivity index (χ2n) is 3.84. The zero-order chi connectivity index (χ0) is 12.0. The molecule has 1 rings (SSSR count). The van der Waals surface area contributed by atoms with Crippen molar-refractivity contribution in [2.24, 2.45) is 11.7 Å². The van der Waals surface area contributed by atoms with E-state index in [2.05, 4.69) is 15.5 Å². The van der Waals surface area contributed by atoms with Crippen molar-refractivity contribution in [3.05, 3.63) is 11.8 Å². The number of carbonyl (C=O) groups is 1. The maximum absolute atomic E-state index is 11.8. The first-order chi connectivity index (χ1) is 7.71. The van der Waals surface area contributed by atoms with Crippen molar-refractivity contribution in [1.82, 2.24) is 10.2 Å². The fourth-order valence-corrected chi connectivity index (χ4v) is 1.54. The van der Waals surface area contributed by atoms with Gasteiger partial charge in [0.2, 0.25) is 5.91 Å². The zero-order valence-corrected chi connectivity index (χ0v) is 9.92. The lowest BCUT2D eigenvalue weighted by atomic mass is 10.0. The van der Waals surface area contributed by atoms with Crippen molar-refractivity contribution in [1.29, 1.82) is 0 Å². The minimum Gasteiger partial charge on any atom is -0.330 e. The van der Waals surface area contributed by atoms with Gasteiger partial charge < -0.3 is 11.1 Å². The van der Waals surface area contributed by atoms with Gasteiger partial charge in [-0.1, -0.05) is 20.3 Å². The molecule has 90 valence electrons. The van der Waals surface area contributed by atoms with Gasteiger partial charge in [0.15, 0.2) is 5.82 Å². The second-order valence-corrected chi connectivity index (χ2v) is 3.84. The van der Waals surface area contributed by atoms with Crippen LogP contribution in [0.25, 0.3) is 0 Å². The molecule has 0 aliphatic carbocycles. The van der Waals surface area contributed by atoms with Crippen molar-refractivity contribution in [2.75, 3.05) is 11.9 Å². The van der Waals surface area contributed by atoms with Gasteiger partial charge in [0, 0.05) is 18.3 Å². The summed E-state index contributed by atoms with van der Waals surface area (Å²) in [5, 5.41) is 9.63. The normalized spacial score (nSPS) is 12.4. The minimum absolute atomic E-state index is 0.0431. The summed E-state index contributed by atoms with van der Waals surface area (Å²) in [5.41, 5.74) is 6.57. The van der Waals surface area contributed by atoms with E-state index in [4.69, 9.17) is 5.73 Å². The Labute approximate surface area is 95.8 Å². The summed E-state index contributed by atoms with van der Waals surface area (Å²) in [6.07, 6.45) is 2.64. The molecule has 0 radical (unpaired) electrons. The lowest BCUT2D eigenvalue weighted by Crippen LogP contribution is -2.29. The number of H-pyrrole nitrogens is 1. The van der Waals surface area contributed by atoms with E-state index in [-0.39, 0.29) is 11.8 Å². The maximum Gasteiger partial charge on any atom is 0.229 e. The number of anilines is 1. The van der Waals surface area contributed by atoms with Crippen LogP contribution in [0.1, 0.15) is 32.4 Å². The number of hydrogen-bond acceptors (Lipinski definition) is 3. The Kier molecular flexibility index (Phi) is 4.98. The molecule has 0 bridgehead atoms. The number of aryl methyl sites for hydroxylation is 1.